The van der Waals surface area contributed by atoms with Crippen molar-refractivity contribution in [2.75, 3.05) is 27.2 Å². The van der Waals surface area contributed by atoms with Crippen LogP contribution in [0.1, 0.15) is 46.5 Å². The average molecular weight is 473 g/mol. The number of sulfonamides is 1. The zero-order valence-corrected chi connectivity index (χ0v) is 19.3. The van der Waals surface area contributed by atoms with E-state index in [4.69, 9.17) is 4.42 Å². The Balaban J connectivity index is 1.43. The molecule has 1 aliphatic rings. The van der Waals surface area contributed by atoms with Crippen molar-refractivity contribution >= 4 is 15.9 Å². The first-order chi connectivity index (χ1) is 15.7. The van der Waals surface area contributed by atoms with E-state index in [2.05, 4.69) is 10.2 Å². The van der Waals surface area contributed by atoms with E-state index in [0.717, 1.165) is 22.7 Å². The largest absolute Gasteiger partial charge is 0.425 e. The van der Waals surface area contributed by atoms with Gasteiger partial charge in [-0.1, -0.05) is 12.1 Å². The monoisotopic (exact) mass is 472 g/mol. The van der Waals surface area contributed by atoms with Crippen molar-refractivity contribution in [1.29, 1.82) is 0 Å². The van der Waals surface area contributed by atoms with Gasteiger partial charge in [0, 0.05) is 32.7 Å². The van der Waals surface area contributed by atoms with Crippen LogP contribution in [0.3, 0.4) is 0 Å². The highest BCUT2D eigenvalue weighted by Crippen LogP contribution is 2.27. The molecule has 1 aliphatic heterocycles. The number of halogens is 1. The minimum absolute atomic E-state index is 0.0782. The van der Waals surface area contributed by atoms with E-state index in [1.165, 1.54) is 50.5 Å². The molecule has 1 amide bonds. The first kappa shape index (κ1) is 23.1. The molecule has 33 heavy (non-hydrogen) atoms. The number of benzene rings is 2. The molecule has 8 nitrogen and oxygen atoms in total. The van der Waals surface area contributed by atoms with Crippen LogP contribution in [0.2, 0.25) is 0 Å². The van der Waals surface area contributed by atoms with Crippen LogP contribution in [-0.2, 0) is 16.4 Å². The molecule has 0 N–H and O–H groups in total. The van der Waals surface area contributed by atoms with Crippen LogP contribution in [0.5, 0.6) is 0 Å². The molecule has 2 aromatic carbocycles. The molecule has 4 rings (SSSR count). The lowest BCUT2D eigenvalue weighted by Gasteiger charge is -2.31. The van der Waals surface area contributed by atoms with Crippen molar-refractivity contribution in [3.05, 3.63) is 77.3 Å². The molecule has 1 aromatic heterocycles. The molecule has 0 saturated carbocycles. The maximum absolute atomic E-state index is 13.1. The quantitative estimate of drug-likeness (QED) is 0.547. The molecule has 0 aliphatic carbocycles. The highest BCUT2D eigenvalue weighted by atomic mass is 32.2. The van der Waals surface area contributed by atoms with Gasteiger partial charge in [0.15, 0.2) is 0 Å². The Bertz CT molecular complexity index is 1220. The van der Waals surface area contributed by atoms with Crippen molar-refractivity contribution in [2.45, 2.75) is 30.1 Å². The Labute approximate surface area is 192 Å². The maximum atomic E-state index is 13.1. The molecule has 1 fully saturated rings. The van der Waals surface area contributed by atoms with E-state index in [1.54, 1.807) is 17.0 Å². The van der Waals surface area contributed by atoms with Crippen LogP contribution in [0.4, 0.5) is 4.39 Å². The predicted molar refractivity (Wildman–Crippen MR) is 119 cm³/mol. The Kier molecular flexibility index (Phi) is 6.57. The minimum atomic E-state index is -3.55. The van der Waals surface area contributed by atoms with E-state index >= 15 is 0 Å². The van der Waals surface area contributed by atoms with E-state index in [1.807, 2.05) is 0 Å². The normalized spacial score (nSPS) is 16.8. The third-order valence-corrected chi connectivity index (χ3v) is 7.52. The number of hydrogen-bond acceptors (Lipinski definition) is 6. The first-order valence-corrected chi connectivity index (χ1v) is 12.1. The summed E-state index contributed by atoms with van der Waals surface area (Å²) < 4.78 is 44.5. The number of nitrogens with zero attached hydrogens (tertiary/aromatic N) is 4. The fourth-order valence-electron chi connectivity index (χ4n) is 3.81. The molecular formula is C23H25FN4O4S. The first-order valence-electron chi connectivity index (χ1n) is 10.6. The summed E-state index contributed by atoms with van der Waals surface area (Å²) in [6.07, 6.45) is 2.02. The highest BCUT2D eigenvalue weighted by Gasteiger charge is 2.29. The Morgan fingerprint density at radius 1 is 1.12 bits per heavy atom. The fourth-order valence-corrected chi connectivity index (χ4v) is 4.71. The molecule has 0 radical (unpaired) electrons. The molecule has 1 saturated heterocycles. The summed E-state index contributed by atoms with van der Waals surface area (Å²) in [5.41, 5.74) is 1.29. The molecule has 10 heteroatoms. The van der Waals surface area contributed by atoms with E-state index in [9.17, 15) is 17.6 Å². The maximum Gasteiger partial charge on any atom is 0.253 e. The third-order valence-electron chi connectivity index (χ3n) is 5.69. The van der Waals surface area contributed by atoms with E-state index in [0.29, 0.717) is 36.9 Å². The van der Waals surface area contributed by atoms with Crippen LogP contribution < -0.4 is 0 Å². The second kappa shape index (κ2) is 9.40. The summed E-state index contributed by atoms with van der Waals surface area (Å²) in [6.45, 7) is 1.04. The van der Waals surface area contributed by atoms with Crippen molar-refractivity contribution < 1.29 is 22.0 Å². The van der Waals surface area contributed by atoms with Gasteiger partial charge in [-0.15, -0.1) is 10.2 Å². The second-order valence-electron chi connectivity index (χ2n) is 8.24. The van der Waals surface area contributed by atoms with E-state index in [-0.39, 0.29) is 22.5 Å². The van der Waals surface area contributed by atoms with Gasteiger partial charge in [0.1, 0.15) is 5.82 Å². The summed E-state index contributed by atoms with van der Waals surface area (Å²) in [5.74, 6) is 0.380. The number of piperidine rings is 1. The van der Waals surface area contributed by atoms with E-state index < -0.39 is 10.0 Å². The van der Waals surface area contributed by atoms with Gasteiger partial charge in [-0.05, 0) is 54.8 Å². The predicted octanol–water partition coefficient (Wildman–Crippen LogP) is 3.07. The third kappa shape index (κ3) is 5.12. The van der Waals surface area contributed by atoms with Crippen molar-refractivity contribution in [3.8, 4) is 0 Å². The summed E-state index contributed by atoms with van der Waals surface area (Å²) in [7, 11) is -0.623. The molecule has 0 spiro atoms. The lowest BCUT2D eigenvalue weighted by Crippen LogP contribution is -2.39. The van der Waals surface area contributed by atoms with Crippen molar-refractivity contribution in [2.24, 2.45) is 0 Å². The number of rotatable bonds is 6. The van der Waals surface area contributed by atoms with Gasteiger partial charge in [0.25, 0.3) is 5.91 Å². The summed E-state index contributed by atoms with van der Waals surface area (Å²) in [5, 5.41) is 8.28. The van der Waals surface area contributed by atoms with Gasteiger partial charge >= 0.3 is 0 Å². The standard InChI is InChI=1S/C23H25FN4O4S/c1-27(2)33(30,31)20-11-7-17(8-12-20)23(29)28-13-3-4-18(15-28)22-26-25-21(32-22)14-16-5-9-19(24)10-6-16/h5-12,18H,3-4,13-15H2,1-2H3. The van der Waals surface area contributed by atoms with Crippen LogP contribution in [-0.4, -0.2) is 60.9 Å². The molecule has 174 valence electrons. The Morgan fingerprint density at radius 2 is 1.82 bits per heavy atom. The Morgan fingerprint density at radius 3 is 2.48 bits per heavy atom. The number of carbonyl (C=O) groups excluding carboxylic acids is 1. The SMILES string of the molecule is CN(C)S(=O)(=O)c1ccc(C(=O)N2CCCC(c3nnc(Cc4ccc(F)cc4)o3)C2)cc1. The molecule has 3 aromatic rings. The van der Waals surface area contributed by atoms with Crippen LogP contribution in [0, 0.1) is 5.82 Å². The summed E-state index contributed by atoms with van der Waals surface area (Å²) >= 11 is 0. The average Bonchev–Trinajstić information content (AvgIpc) is 3.29. The molecule has 0 bridgehead atoms. The Hall–Kier alpha value is -3.11. The number of amides is 1. The van der Waals surface area contributed by atoms with Gasteiger partial charge in [-0.2, -0.15) is 0 Å². The van der Waals surface area contributed by atoms with Crippen LogP contribution in [0.25, 0.3) is 0 Å². The van der Waals surface area contributed by atoms with Crippen molar-refractivity contribution in [3.63, 3.8) is 0 Å². The molecule has 2 heterocycles. The second-order valence-corrected chi connectivity index (χ2v) is 10.4. The lowest BCUT2D eigenvalue weighted by molar-refractivity contribution is 0.0697. The van der Waals surface area contributed by atoms with Gasteiger partial charge < -0.3 is 9.32 Å². The number of aromatic nitrogens is 2. The minimum Gasteiger partial charge on any atom is -0.425 e. The molecule has 1 atom stereocenters. The highest BCUT2D eigenvalue weighted by molar-refractivity contribution is 7.89. The zero-order valence-electron chi connectivity index (χ0n) is 18.4. The number of carbonyl (C=O) groups is 1. The van der Waals surface area contributed by atoms with Gasteiger partial charge in [-0.3, -0.25) is 4.79 Å². The van der Waals surface area contributed by atoms with Crippen LogP contribution >= 0.6 is 0 Å². The molecular weight excluding hydrogens is 447 g/mol. The van der Waals surface area contributed by atoms with Gasteiger partial charge in [0.2, 0.25) is 21.8 Å². The summed E-state index contributed by atoms with van der Waals surface area (Å²) in [6, 6.07) is 12.1. The van der Waals surface area contributed by atoms with Gasteiger partial charge in [-0.25, -0.2) is 17.1 Å². The number of likely N-dealkylation sites (tertiary alicyclic amines) is 1. The van der Waals surface area contributed by atoms with Crippen molar-refractivity contribution in [1.82, 2.24) is 19.4 Å². The fraction of sp³-hybridized carbons (Fsp3) is 0.348. The van der Waals surface area contributed by atoms with Gasteiger partial charge in [0.05, 0.1) is 17.2 Å². The number of hydrogen-bond donors (Lipinski definition) is 0. The topological polar surface area (TPSA) is 96.6 Å². The lowest BCUT2D eigenvalue weighted by atomic mass is 9.97. The van der Waals surface area contributed by atoms with Crippen LogP contribution in [0.15, 0.2) is 57.8 Å². The smallest absolute Gasteiger partial charge is 0.253 e. The summed E-state index contributed by atoms with van der Waals surface area (Å²) in [4.78, 5) is 14.9. The molecule has 1 unspecified atom stereocenters. The zero-order chi connectivity index (χ0) is 23.6.